The normalized spacial score (nSPS) is 15.3. The molecule has 2 N–H and O–H groups in total. The highest BCUT2D eigenvalue weighted by Crippen LogP contribution is 2.32. The lowest BCUT2D eigenvalue weighted by Gasteiger charge is -2.27. The van der Waals surface area contributed by atoms with Crippen LogP contribution < -0.4 is 15.6 Å². The van der Waals surface area contributed by atoms with Crippen molar-refractivity contribution in [1.29, 1.82) is 0 Å². The summed E-state index contributed by atoms with van der Waals surface area (Å²) >= 11 is 0. The molecule has 0 bridgehead atoms. The van der Waals surface area contributed by atoms with Gasteiger partial charge in [-0.3, -0.25) is 0 Å². The highest BCUT2D eigenvalue weighted by molar-refractivity contribution is 6.05. The summed E-state index contributed by atoms with van der Waals surface area (Å²) in [5, 5.41) is 12.2. The van der Waals surface area contributed by atoms with Crippen LogP contribution in [0.3, 0.4) is 0 Å². The molecular formula is C19H24FN5O. The average Bonchev–Trinajstić information content (AvgIpc) is 3.09. The van der Waals surface area contributed by atoms with Crippen LogP contribution >= 0.6 is 0 Å². The number of fused-ring (bicyclic) bond motifs is 1. The van der Waals surface area contributed by atoms with Gasteiger partial charge in [0.25, 0.3) is 0 Å². The molecule has 1 fully saturated rings. The van der Waals surface area contributed by atoms with Gasteiger partial charge < -0.3 is 20.2 Å². The number of halogens is 1. The Bertz CT molecular complexity index is 864. The lowest BCUT2D eigenvalue weighted by atomic mass is 9.98. The van der Waals surface area contributed by atoms with E-state index < -0.39 is 0 Å². The van der Waals surface area contributed by atoms with E-state index >= 15 is 0 Å². The molecule has 1 aliphatic rings. The molecular weight excluding hydrogens is 333 g/mol. The molecule has 0 radical (unpaired) electrons. The number of nitrogens with zero attached hydrogens (tertiary/aromatic N) is 3. The number of piperazine rings is 1. The van der Waals surface area contributed by atoms with Crippen LogP contribution in [0.15, 0.2) is 46.1 Å². The second kappa shape index (κ2) is 7.70. The number of hydrogen-bond acceptors (Lipinski definition) is 6. The van der Waals surface area contributed by atoms with Crippen LogP contribution in [-0.4, -0.2) is 44.1 Å². The predicted molar refractivity (Wildman–Crippen MR) is 103 cm³/mol. The standard InChI is InChI=1S/C19H24FN5O/c1-12(2)13(3)16(23-21-4)11-14-5-6-15(20)17-18(14)26-24-19(17)25-9-7-22-8-10-25/h5-6,21-22H,1,3,7-11H2,2,4H3/b23-16-. The minimum absolute atomic E-state index is 0.329. The fourth-order valence-electron chi connectivity index (χ4n) is 3.06. The summed E-state index contributed by atoms with van der Waals surface area (Å²) in [6, 6.07) is 3.17. The van der Waals surface area contributed by atoms with Gasteiger partial charge in [-0.15, -0.1) is 0 Å². The first-order valence-electron chi connectivity index (χ1n) is 8.63. The Hall–Kier alpha value is -2.67. The SMILES string of the molecule is C=C(C)C(=C)/C(Cc1ccc(F)c2c(N3CCNCC3)noc12)=N\NC. The lowest BCUT2D eigenvalue weighted by molar-refractivity contribution is 0.449. The summed E-state index contributed by atoms with van der Waals surface area (Å²) < 4.78 is 20.1. The zero-order valence-electron chi connectivity index (χ0n) is 15.2. The Kier molecular flexibility index (Phi) is 5.37. The number of rotatable bonds is 6. The molecule has 3 rings (SSSR count). The summed E-state index contributed by atoms with van der Waals surface area (Å²) in [5.74, 6) is 0.232. The number of aromatic nitrogens is 1. The third-order valence-corrected chi connectivity index (χ3v) is 4.52. The average molecular weight is 357 g/mol. The van der Waals surface area contributed by atoms with E-state index in [0.29, 0.717) is 23.2 Å². The molecule has 1 aromatic heterocycles. The van der Waals surface area contributed by atoms with Crippen LogP contribution in [0.2, 0.25) is 0 Å². The van der Waals surface area contributed by atoms with E-state index in [0.717, 1.165) is 48.6 Å². The summed E-state index contributed by atoms with van der Waals surface area (Å²) in [6.07, 6.45) is 0.444. The second-order valence-electron chi connectivity index (χ2n) is 6.37. The van der Waals surface area contributed by atoms with E-state index in [1.165, 1.54) is 6.07 Å². The lowest BCUT2D eigenvalue weighted by Crippen LogP contribution is -2.43. The fraction of sp³-hybridized carbons (Fsp3) is 0.368. The molecule has 6 nitrogen and oxygen atoms in total. The maximum Gasteiger partial charge on any atom is 0.183 e. The Morgan fingerprint density at radius 2 is 2.12 bits per heavy atom. The minimum atomic E-state index is -0.329. The minimum Gasteiger partial charge on any atom is -0.354 e. The predicted octanol–water partition coefficient (Wildman–Crippen LogP) is 2.63. The van der Waals surface area contributed by atoms with Gasteiger partial charge in [0.05, 0.1) is 5.71 Å². The second-order valence-corrected chi connectivity index (χ2v) is 6.37. The van der Waals surface area contributed by atoms with Crippen LogP contribution in [0.25, 0.3) is 11.0 Å². The molecule has 2 aromatic rings. The molecule has 2 heterocycles. The van der Waals surface area contributed by atoms with Crippen molar-refractivity contribution in [3.05, 3.63) is 47.8 Å². The van der Waals surface area contributed by atoms with E-state index in [-0.39, 0.29) is 5.82 Å². The molecule has 26 heavy (non-hydrogen) atoms. The topological polar surface area (TPSA) is 65.7 Å². The van der Waals surface area contributed by atoms with E-state index in [1.807, 2.05) is 11.8 Å². The molecule has 0 aliphatic carbocycles. The first-order valence-corrected chi connectivity index (χ1v) is 8.63. The van der Waals surface area contributed by atoms with Crippen LogP contribution in [0.1, 0.15) is 12.5 Å². The molecule has 0 unspecified atom stereocenters. The number of benzene rings is 1. The van der Waals surface area contributed by atoms with Gasteiger partial charge in [-0.1, -0.05) is 24.4 Å². The van der Waals surface area contributed by atoms with E-state index in [4.69, 9.17) is 4.52 Å². The molecule has 7 heteroatoms. The van der Waals surface area contributed by atoms with Gasteiger partial charge in [0.15, 0.2) is 11.4 Å². The first kappa shape index (κ1) is 18.1. The van der Waals surface area contributed by atoms with Crippen LogP contribution in [0.4, 0.5) is 10.2 Å². The van der Waals surface area contributed by atoms with Gasteiger partial charge in [0, 0.05) is 45.2 Å². The summed E-state index contributed by atoms with van der Waals surface area (Å²) in [4.78, 5) is 2.05. The highest BCUT2D eigenvalue weighted by atomic mass is 19.1. The molecule has 1 saturated heterocycles. The molecule has 0 atom stereocenters. The van der Waals surface area contributed by atoms with Crippen LogP contribution in [0, 0.1) is 5.82 Å². The molecule has 0 amide bonds. The van der Waals surface area contributed by atoms with E-state index in [2.05, 4.69) is 34.2 Å². The quantitative estimate of drug-likeness (QED) is 0.473. The Morgan fingerprint density at radius 1 is 1.38 bits per heavy atom. The van der Waals surface area contributed by atoms with Gasteiger partial charge in [-0.05, 0) is 24.1 Å². The number of hydrazone groups is 1. The van der Waals surface area contributed by atoms with Crippen molar-refractivity contribution in [2.45, 2.75) is 13.3 Å². The zero-order chi connectivity index (χ0) is 18.7. The van der Waals surface area contributed by atoms with E-state index in [1.54, 1.807) is 13.1 Å². The van der Waals surface area contributed by atoms with Crippen molar-refractivity contribution in [3.63, 3.8) is 0 Å². The zero-order valence-corrected chi connectivity index (χ0v) is 15.2. The molecule has 1 aromatic carbocycles. The third-order valence-electron chi connectivity index (χ3n) is 4.52. The van der Waals surface area contributed by atoms with Gasteiger partial charge in [-0.25, -0.2) is 4.39 Å². The van der Waals surface area contributed by atoms with Gasteiger partial charge in [0.2, 0.25) is 0 Å². The summed E-state index contributed by atoms with van der Waals surface area (Å²) in [7, 11) is 1.73. The fourth-order valence-corrected chi connectivity index (χ4v) is 3.06. The van der Waals surface area contributed by atoms with Crippen molar-refractivity contribution in [3.8, 4) is 0 Å². The van der Waals surface area contributed by atoms with Crippen molar-refractivity contribution in [2.24, 2.45) is 5.10 Å². The Balaban J connectivity index is 2.01. The Morgan fingerprint density at radius 3 is 2.77 bits per heavy atom. The smallest absolute Gasteiger partial charge is 0.183 e. The van der Waals surface area contributed by atoms with Crippen molar-refractivity contribution in [1.82, 2.24) is 15.9 Å². The number of anilines is 1. The maximum atomic E-state index is 14.6. The molecule has 0 saturated carbocycles. The summed E-state index contributed by atoms with van der Waals surface area (Å²) in [6.45, 7) is 13.1. The molecule has 138 valence electrons. The third kappa shape index (κ3) is 3.48. The van der Waals surface area contributed by atoms with Gasteiger partial charge in [0.1, 0.15) is 11.2 Å². The summed E-state index contributed by atoms with van der Waals surface area (Å²) in [5.41, 5.74) is 6.37. The van der Waals surface area contributed by atoms with Crippen molar-refractivity contribution in [2.75, 3.05) is 38.1 Å². The van der Waals surface area contributed by atoms with Gasteiger partial charge in [-0.2, -0.15) is 5.10 Å². The number of allylic oxidation sites excluding steroid dienone is 2. The largest absolute Gasteiger partial charge is 0.354 e. The monoisotopic (exact) mass is 357 g/mol. The Labute approximate surface area is 152 Å². The molecule has 0 spiro atoms. The molecule has 1 aliphatic heterocycles. The van der Waals surface area contributed by atoms with Gasteiger partial charge >= 0.3 is 0 Å². The maximum absolute atomic E-state index is 14.6. The van der Waals surface area contributed by atoms with Crippen LogP contribution in [-0.2, 0) is 6.42 Å². The van der Waals surface area contributed by atoms with Crippen molar-refractivity contribution >= 4 is 22.5 Å². The number of hydrogen-bond donors (Lipinski definition) is 2. The highest BCUT2D eigenvalue weighted by Gasteiger charge is 2.23. The van der Waals surface area contributed by atoms with Crippen LogP contribution in [0.5, 0.6) is 0 Å². The van der Waals surface area contributed by atoms with E-state index in [9.17, 15) is 4.39 Å². The van der Waals surface area contributed by atoms with Crippen molar-refractivity contribution < 1.29 is 8.91 Å². The number of nitrogens with one attached hydrogen (secondary N) is 2. The first-order chi connectivity index (χ1) is 12.5.